The lowest BCUT2D eigenvalue weighted by molar-refractivity contribution is -0.128. The number of para-hydroxylation sites is 1. The van der Waals surface area contributed by atoms with Gasteiger partial charge in [-0.1, -0.05) is 75.5 Å². The number of ketones is 1. The van der Waals surface area contributed by atoms with Gasteiger partial charge in [0.25, 0.3) is 11.5 Å². The number of halogens is 3. The van der Waals surface area contributed by atoms with E-state index in [0.717, 1.165) is 67.1 Å². The third kappa shape index (κ3) is 7.67. The molecule has 5 N–H and O–H groups in total. The average molecular weight is 780 g/mol. The number of carbonyl (C=O) groups excluding carboxylic acids is 3. The molecule has 50 heavy (non-hydrogen) atoms. The SMILES string of the molecule is NC(=O)C(Br)C(=O)C1CCC(c2ccc(Cl)cc2)CC1.NC(=O)c1c(C2CCC(c3ccc(Cl)cc3)CC2)[nH]n2c(=O)c3ccccc3nc12. The first-order valence-corrected chi connectivity index (χ1v) is 18.5. The Labute approximate surface area is 307 Å². The lowest BCUT2D eigenvalue weighted by atomic mass is 9.76. The number of nitrogens with zero attached hydrogens (tertiary/aromatic N) is 2. The first-order chi connectivity index (χ1) is 24.0. The number of hydrogen-bond donors (Lipinski definition) is 3. The van der Waals surface area contributed by atoms with Crippen LogP contribution in [-0.4, -0.2) is 37.0 Å². The van der Waals surface area contributed by atoms with Crippen LogP contribution in [-0.2, 0) is 9.59 Å². The van der Waals surface area contributed by atoms with Crippen LogP contribution in [0, 0.1) is 5.92 Å². The molecule has 0 saturated heterocycles. The molecule has 2 amide bonds. The molecule has 5 aromatic rings. The van der Waals surface area contributed by atoms with Gasteiger partial charge in [0.05, 0.1) is 16.6 Å². The van der Waals surface area contributed by atoms with Gasteiger partial charge in [-0.15, -0.1) is 0 Å². The van der Waals surface area contributed by atoms with Gasteiger partial charge in [0.15, 0.2) is 16.3 Å². The van der Waals surface area contributed by atoms with Crippen LogP contribution >= 0.6 is 39.1 Å². The fourth-order valence-electron chi connectivity index (χ4n) is 7.48. The molecule has 0 radical (unpaired) electrons. The summed E-state index contributed by atoms with van der Waals surface area (Å²) in [6.45, 7) is 0. The van der Waals surface area contributed by atoms with Crippen molar-refractivity contribution in [2.75, 3.05) is 0 Å². The number of hydrogen-bond acceptors (Lipinski definition) is 5. The monoisotopic (exact) mass is 777 g/mol. The second kappa shape index (κ2) is 15.5. The van der Waals surface area contributed by atoms with Gasteiger partial charge < -0.3 is 11.5 Å². The van der Waals surface area contributed by atoms with E-state index >= 15 is 0 Å². The molecule has 1 unspecified atom stereocenters. The molecule has 0 bridgehead atoms. The number of alkyl halides is 1. The number of fused-ring (bicyclic) bond motifs is 2. The number of Topliss-reactive ketones (excluding diaryl/α,β-unsaturated/α-hetero) is 1. The molecule has 3 aromatic carbocycles. The number of aromatic amines is 1. The summed E-state index contributed by atoms with van der Waals surface area (Å²) < 4.78 is 1.36. The highest BCUT2D eigenvalue weighted by Gasteiger charge is 2.33. The van der Waals surface area contributed by atoms with Gasteiger partial charge in [-0.2, -0.15) is 0 Å². The molecule has 12 heteroatoms. The zero-order valence-electron chi connectivity index (χ0n) is 27.3. The van der Waals surface area contributed by atoms with Crippen molar-refractivity contribution < 1.29 is 14.4 Å². The van der Waals surface area contributed by atoms with Crippen molar-refractivity contribution in [2.24, 2.45) is 17.4 Å². The topological polar surface area (TPSA) is 153 Å². The molecule has 2 aliphatic rings. The van der Waals surface area contributed by atoms with Crippen molar-refractivity contribution in [3.8, 4) is 0 Å². The standard InChI is InChI=1S/C23H21ClN4O2.C15H17BrClNO2/c24-16-11-9-14(10-12-16)13-5-7-15(8-6-13)20-19(21(25)29)22-26-18-4-2-1-3-17(18)23(30)28(22)27-20;16-13(15(18)20)14(19)11-3-1-9(2-4-11)10-5-7-12(17)8-6-10/h1-4,9-13,15,27H,5-8H2,(H2,25,29);5-9,11,13H,1-4H2,(H2,18,20). The van der Waals surface area contributed by atoms with Crippen LogP contribution < -0.4 is 17.0 Å². The van der Waals surface area contributed by atoms with Crippen LogP contribution in [0.4, 0.5) is 0 Å². The molecule has 2 fully saturated rings. The Kier molecular flexibility index (Phi) is 11.1. The summed E-state index contributed by atoms with van der Waals surface area (Å²) >= 11 is 15.0. The lowest BCUT2D eigenvalue weighted by Gasteiger charge is -2.28. The molecule has 0 aliphatic heterocycles. The van der Waals surface area contributed by atoms with Crippen LogP contribution in [0.25, 0.3) is 16.6 Å². The molecule has 260 valence electrons. The second-order valence-corrected chi connectivity index (χ2v) is 15.0. The highest BCUT2D eigenvalue weighted by atomic mass is 79.9. The Bertz CT molecular complexity index is 2080. The molecule has 2 aliphatic carbocycles. The Hall–Kier alpha value is -3.99. The molecule has 2 aromatic heterocycles. The highest BCUT2D eigenvalue weighted by Crippen LogP contribution is 2.42. The minimum atomic E-state index is -0.848. The average Bonchev–Trinajstić information content (AvgIpc) is 3.52. The first-order valence-electron chi connectivity index (χ1n) is 16.8. The number of amides is 2. The normalized spacial score (nSPS) is 21.3. The molecular weight excluding hydrogens is 741 g/mol. The molecular formula is C38H38BrCl2N5O4. The smallest absolute Gasteiger partial charge is 0.280 e. The maximum absolute atomic E-state index is 13.0. The van der Waals surface area contributed by atoms with Crippen molar-refractivity contribution in [2.45, 2.75) is 73.9 Å². The van der Waals surface area contributed by atoms with Crippen molar-refractivity contribution >= 4 is 73.3 Å². The van der Waals surface area contributed by atoms with E-state index in [0.29, 0.717) is 33.9 Å². The van der Waals surface area contributed by atoms with E-state index < -0.39 is 16.6 Å². The van der Waals surface area contributed by atoms with E-state index in [-0.39, 0.29) is 23.2 Å². The number of carbonyl (C=O) groups is 3. The third-order valence-electron chi connectivity index (χ3n) is 10.2. The molecule has 1 atom stereocenters. The zero-order valence-corrected chi connectivity index (χ0v) is 30.4. The maximum Gasteiger partial charge on any atom is 0.280 e. The minimum absolute atomic E-state index is 0.0598. The van der Waals surface area contributed by atoms with Gasteiger partial charge in [-0.25, -0.2) is 9.50 Å². The zero-order chi connectivity index (χ0) is 35.5. The molecule has 0 spiro atoms. The van der Waals surface area contributed by atoms with Gasteiger partial charge in [0.1, 0.15) is 5.56 Å². The van der Waals surface area contributed by atoms with Crippen molar-refractivity contribution in [3.05, 3.63) is 116 Å². The fourth-order valence-corrected chi connectivity index (χ4v) is 8.11. The Morgan fingerprint density at radius 2 is 1.26 bits per heavy atom. The Balaban J connectivity index is 0.000000189. The Morgan fingerprint density at radius 3 is 1.78 bits per heavy atom. The van der Waals surface area contributed by atoms with Gasteiger partial charge in [0.2, 0.25) is 5.91 Å². The number of benzene rings is 3. The van der Waals surface area contributed by atoms with E-state index in [2.05, 4.69) is 38.1 Å². The summed E-state index contributed by atoms with van der Waals surface area (Å²) in [7, 11) is 0. The summed E-state index contributed by atoms with van der Waals surface area (Å²) in [5, 5.41) is 5.14. The molecule has 7 rings (SSSR count). The summed E-state index contributed by atoms with van der Waals surface area (Å²) in [4.78, 5) is 52.1. The van der Waals surface area contributed by atoms with E-state index in [1.54, 1.807) is 18.2 Å². The van der Waals surface area contributed by atoms with E-state index in [9.17, 15) is 19.2 Å². The van der Waals surface area contributed by atoms with Gasteiger partial charge in [0, 0.05) is 21.9 Å². The van der Waals surface area contributed by atoms with Crippen LogP contribution in [0.3, 0.4) is 0 Å². The quantitative estimate of drug-likeness (QED) is 0.114. The van der Waals surface area contributed by atoms with Crippen LogP contribution in [0.5, 0.6) is 0 Å². The van der Waals surface area contributed by atoms with Gasteiger partial charge >= 0.3 is 0 Å². The van der Waals surface area contributed by atoms with Gasteiger partial charge in [-0.05, 0) is 111 Å². The maximum atomic E-state index is 13.0. The minimum Gasteiger partial charge on any atom is -0.368 e. The summed E-state index contributed by atoms with van der Waals surface area (Å²) in [5.74, 6) is -0.245. The van der Waals surface area contributed by atoms with E-state index in [1.165, 1.54) is 15.6 Å². The molecule has 9 nitrogen and oxygen atoms in total. The largest absolute Gasteiger partial charge is 0.368 e. The fraction of sp³-hybridized carbons (Fsp3) is 0.342. The van der Waals surface area contributed by atoms with Crippen LogP contribution in [0.2, 0.25) is 10.0 Å². The van der Waals surface area contributed by atoms with E-state index in [1.807, 2.05) is 42.5 Å². The molecule has 2 saturated carbocycles. The number of H-pyrrole nitrogens is 1. The highest BCUT2D eigenvalue weighted by molar-refractivity contribution is 9.10. The van der Waals surface area contributed by atoms with Crippen LogP contribution in [0.1, 0.15) is 96.3 Å². The Morgan fingerprint density at radius 1 is 0.760 bits per heavy atom. The van der Waals surface area contributed by atoms with Crippen molar-refractivity contribution in [1.29, 1.82) is 0 Å². The van der Waals surface area contributed by atoms with Crippen LogP contribution in [0.15, 0.2) is 77.6 Å². The number of aromatic nitrogens is 3. The van der Waals surface area contributed by atoms with Crippen molar-refractivity contribution in [3.63, 3.8) is 0 Å². The third-order valence-corrected chi connectivity index (χ3v) is 11.6. The van der Waals surface area contributed by atoms with E-state index in [4.69, 9.17) is 34.7 Å². The summed E-state index contributed by atoms with van der Waals surface area (Å²) in [6.07, 6.45) is 7.30. The number of nitrogens with one attached hydrogen (secondary N) is 1. The van der Waals surface area contributed by atoms with Gasteiger partial charge in [-0.3, -0.25) is 24.3 Å². The number of primary amides is 2. The first kappa shape index (κ1) is 35.8. The number of rotatable bonds is 7. The predicted molar refractivity (Wildman–Crippen MR) is 200 cm³/mol. The second-order valence-electron chi connectivity index (χ2n) is 13.2. The number of nitrogens with two attached hydrogens (primary N) is 2. The van der Waals surface area contributed by atoms with Crippen molar-refractivity contribution in [1.82, 2.24) is 14.6 Å². The summed E-state index contributed by atoms with van der Waals surface area (Å²) in [5.41, 5.74) is 15.1. The lowest BCUT2D eigenvalue weighted by Crippen LogP contribution is -2.36. The molecule has 2 heterocycles. The summed E-state index contributed by atoms with van der Waals surface area (Å²) in [6, 6.07) is 23.0. The predicted octanol–water partition coefficient (Wildman–Crippen LogP) is 7.80.